The fourth-order valence-corrected chi connectivity index (χ4v) is 5.00. The van der Waals surface area contributed by atoms with E-state index in [0.717, 1.165) is 0 Å². The topological polar surface area (TPSA) is 141 Å². The molecule has 0 aliphatic carbocycles. The second-order valence-corrected chi connectivity index (χ2v) is 8.66. The number of nitrogen functional groups attached to an aromatic ring is 2. The van der Waals surface area contributed by atoms with Crippen LogP contribution in [-0.4, -0.2) is 41.3 Å². The normalized spacial score (nSPS) is 21.8. The number of aromatic nitrogens is 2. The first-order chi connectivity index (χ1) is 11.7. The minimum absolute atomic E-state index is 0.0496. The molecule has 1 aromatic carbocycles. The van der Waals surface area contributed by atoms with E-state index in [1.807, 2.05) is 0 Å². The van der Waals surface area contributed by atoms with Gasteiger partial charge in [-0.15, -0.1) is 0 Å². The molecular weight excluding hydrogens is 342 g/mol. The monoisotopic (exact) mass is 361 g/mol. The number of carbonyl (C=O) groups is 1. The molecule has 0 saturated carbocycles. The number of nitrogens with zero attached hydrogens (tertiary/aromatic N) is 2. The van der Waals surface area contributed by atoms with E-state index in [-0.39, 0.29) is 29.2 Å². The van der Waals surface area contributed by atoms with Crippen molar-refractivity contribution in [3.63, 3.8) is 0 Å². The summed E-state index contributed by atoms with van der Waals surface area (Å²) >= 11 is 0. The Morgan fingerprint density at radius 1 is 1.24 bits per heavy atom. The summed E-state index contributed by atoms with van der Waals surface area (Å²) in [7, 11) is -3.10. The standard InChI is InChI=1S/C16H19N5O3S/c1-16(5-6-25(23,24)9-16)21-14(22)11-4-2-3-10(7-11)12-8-13(17)20-15(18)19-12/h2-4,7-8H,5-6,9H2,1H3,(H,21,22)(H4,17,18,19,20). The van der Waals surface area contributed by atoms with E-state index >= 15 is 0 Å². The fourth-order valence-electron chi connectivity index (χ4n) is 2.91. The third-order valence-electron chi connectivity index (χ3n) is 4.10. The third-order valence-corrected chi connectivity index (χ3v) is 6.01. The molecule has 1 fully saturated rings. The van der Waals surface area contributed by atoms with Gasteiger partial charge in [0.1, 0.15) is 5.82 Å². The minimum Gasteiger partial charge on any atom is -0.384 e. The fraction of sp³-hybridized carbons (Fsp3) is 0.312. The largest absolute Gasteiger partial charge is 0.384 e. The first-order valence-corrected chi connectivity index (χ1v) is 9.51. The third kappa shape index (κ3) is 3.87. The molecular formula is C16H19N5O3S. The molecule has 1 amide bonds. The van der Waals surface area contributed by atoms with E-state index in [1.165, 1.54) is 0 Å². The van der Waals surface area contributed by atoms with Gasteiger partial charge in [0.2, 0.25) is 5.95 Å². The van der Waals surface area contributed by atoms with Crippen LogP contribution in [0.3, 0.4) is 0 Å². The lowest BCUT2D eigenvalue weighted by Crippen LogP contribution is -2.46. The zero-order valence-electron chi connectivity index (χ0n) is 13.7. The second kappa shape index (κ2) is 5.99. The van der Waals surface area contributed by atoms with Crippen molar-refractivity contribution in [3.8, 4) is 11.3 Å². The highest BCUT2D eigenvalue weighted by Crippen LogP contribution is 2.24. The van der Waals surface area contributed by atoms with Crippen LogP contribution >= 0.6 is 0 Å². The van der Waals surface area contributed by atoms with Crippen LogP contribution in [0.1, 0.15) is 23.7 Å². The quantitative estimate of drug-likeness (QED) is 0.727. The molecule has 0 radical (unpaired) electrons. The first-order valence-electron chi connectivity index (χ1n) is 7.69. The number of nitrogens with one attached hydrogen (secondary N) is 1. The molecule has 9 heteroatoms. The molecule has 2 heterocycles. The number of hydrogen-bond acceptors (Lipinski definition) is 7. The summed E-state index contributed by atoms with van der Waals surface area (Å²) in [5, 5.41) is 2.83. The molecule has 5 N–H and O–H groups in total. The summed E-state index contributed by atoms with van der Waals surface area (Å²) in [6.45, 7) is 1.74. The maximum absolute atomic E-state index is 12.5. The summed E-state index contributed by atoms with van der Waals surface area (Å²) in [6.07, 6.45) is 0.403. The lowest BCUT2D eigenvalue weighted by Gasteiger charge is -2.24. The van der Waals surface area contributed by atoms with Gasteiger partial charge in [-0.05, 0) is 25.5 Å². The van der Waals surface area contributed by atoms with Gasteiger partial charge < -0.3 is 16.8 Å². The van der Waals surface area contributed by atoms with Crippen LogP contribution in [0.2, 0.25) is 0 Å². The van der Waals surface area contributed by atoms with Gasteiger partial charge in [-0.1, -0.05) is 12.1 Å². The van der Waals surface area contributed by atoms with Crippen molar-refractivity contribution < 1.29 is 13.2 Å². The Labute approximate surface area is 145 Å². The van der Waals surface area contributed by atoms with Gasteiger partial charge in [-0.2, -0.15) is 4.98 Å². The lowest BCUT2D eigenvalue weighted by molar-refractivity contribution is 0.0915. The minimum atomic E-state index is -3.10. The van der Waals surface area contributed by atoms with Gasteiger partial charge in [0, 0.05) is 17.2 Å². The Kier molecular flexibility index (Phi) is 4.11. The van der Waals surface area contributed by atoms with Crippen molar-refractivity contribution in [1.82, 2.24) is 15.3 Å². The van der Waals surface area contributed by atoms with Crippen molar-refractivity contribution in [2.75, 3.05) is 23.0 Å². The van der Waals surface area contributed by atoms with Crippen LogP contribution in [0.5, 0.6) is 0 Å². The van der Waals surface area contributed by atoms with Crippen LogP contribution in [0.25, 0.3) is 11.3 Å². The number of carbonyl (C=O) groups excluding carboxylic acids is 1. The number of rotatable bonds is 3. The van der Waals surface area contributed by atoms with E-state index in [4.69, 9.17) is 11.5 Å². The molecule has 0 spiro atoms. The molecule has 8 nitrogen and oxygen atoms in total. The predicted molar refractivity (Wildman–Crippen MR) is 95.4 cm³/mol. The first kappa shape index (κ1) is 17.2. The molecule has 3 rings (SSSR count). The van der Waals surface area contributed by atoms with Gasteiger partial charge in [-0.25, -0.2) is 13.4 Å². The molecule has 1 saturated heterocycles. The highest BCUT2D eigenvalue weighted by molar-refractivity contribution is 7.91. The number of amides is 1. The van der Waals surface area contributed by atoms with Crippen molar-refractivity contribution in [3.05, 3.63) is 35.9 Å². The van der Waals surface area contributed by atoms with Crippen LogP contribution < -0.4 is 16.8 Å². The lowest BCUT2D eigenvalue weighted by atomic mass is 10.0. The molecule has 1 aliphatic rings. The second-order valence-electron chi connectivity index (χ2n) is 6.47. The molecule has 2 aromatic rings. The van der Waals surface area contributed by atoms with E-state index < -0.39 is 15.4 Å². The van der Waals surface area contributed by atoms with Gasteiger partial charge in [0.05, 0.1) is 22.7 Å². The van der Waals surface area contributed by atoms with Crippen LogP contribution in [-0.2, 0) is 9.84 Å². The maximum atomic E-state index is 12.5. The molecule has 132 valence electrons. The molecule has 1 unspecified atom stereocenters. The number of hydrogen-bond donors (Lipinski definition) is 3. The Balaban J connectivity index is 1.85. The molecule has 25 heavy (non-hydrogen) atoms. The van der Waals surface area contributed by atoms with E-state index in [9.17, 15) is 13.2 Å². The zero-order valence-corrected chi connectivity index (χ0v) is 14.5. The van der Waals surface area contributed by atoms with Gasteiger partial charge in [0.25, 0.3) is 5.91 Å². The summed E-state index contributed by atoms with van der Waals surface area (Å²) in [5.74, 6) is -0.0146. The van der Waals surface area contributed by atoms with Crippen molar-refractivity contribution in [2.24, 2.45) is 0 Å². The Hall–Kier alpha value is -2.68. The smallest absolute Gasteiger partial charge is 0.251 e. The number of anilines is 2. The van der Waals surface area contributed by atoms with Crippen LogP contribution in [0, 0.1) is 0 Å². The van der Waals surface area contributed by atoms with E-state index in [1.54, 1.807) is 37.3 Å². The predicted octanol–water partition coefficient (Wildman–Crippen LogP) is 0.615. The van der Waals surface area contributed by atoms with Crippen molar-refractivity contribution in [1.29, 1.82) is 0 Å². The summed E-state index contributed by atoms with van der Waals surface area (Å²) in [6, 6.07) is 8.37. The molecule has 1 aliphatic heterocycles. The van der Waals surface area contributed by atoms with Crippen molar-refractivity contribution in [2.45, 2.75) is 18.9 Å². The maximum Gasteiger partial charge on any atom is 0.251 e. The van der Waals surface area contributed by atoms with Crippen LogP contribution in [0.4, 0.5) is 11.8 Å². The van der Waals surface area contributed by atoms with Gasteiger partial charge in [0.15, 0.2) is 9.84 Å². The van der Waals surface area contributed by atoms with Crippen LogP contribution in [0.15, 0.2) is 30.3 Å². The average molecular weight is 361 g/mol. The molecule has 1 aromatic heterocycles. The highest BCUT2D eigenvalue weighted by Gasteiger charge is 2.39. The highest BCUT2D eigenvalue weighted by atomic mass is 32.2. The van der Waals surface area contributed by atoms with Gasteiger partial charge >= 0.3 is 0 Å². The Morgan fingerprint density at radius 3 is 2.64 bits per heavy atom. The molecule has 1 atom stereocenters. The van der Waals surface area contributed by atoms with E-state index in [2.05, 4.69) is 15.3 Å². The Morgan fingerprint density at radius 2 is 2.00 bits per heavy atom. The summed E-state index contributed by atoms with van der Waals surface area (Å²) < 4.78 is 23.4. The number of sulfone groups is 1. The summed E-state index contributed by atoms with van der Waals surface area (Å²) in [5.41, 5.74) is 12.1. The van der Waals surface area contributed by atoms with E-state index in [0.29, 0.717) is 23.2 Å². The Bertz CT molecular complexity index is 924. The van der Waals surface area contributed by atoms with Crippen molar-refractivity contribution >= 4 is 27.5 Å². The molecule has 0 bridgehead atoms. The average Bonchev–Trinajstić information content (AvgIpc) is 2.79. The zero-order chi connectivity index (χ0) is 18.2. The summed E-state index contributed by atoms with van der Waals surface area (Å²) in [4.78, 5) is 20.5. The number of nitrogens with two attached hydrogens (primary N) is 2. The SMILES string of the molecule is CC1(NC(=O)c2cccc(-c3cc(N)nc(N)n3)c2)CCS(=O)(=O)C1. The number of benzene rings is 1. The van der Waals surface area contributed by atoms with Gasteiger partial charge in [-0.3, -0.25) is 4.79 Å².